The van der Waals surface area contributed by atoms with Crippen LogP contribution >= 0.6 is 11.3 Å². The Labute approximate surface area is 136 Å². The second kappa shape index (κ2) is 6.71. The van der Waals surface area contributed by atoms with Crippen LogP contribution < -0.4 is 5.32 Å². The topological polar surface area (TPSA) is 29.1 Å². The van der Waals surface area contributed by atoms with E-state index in [9.17, 15) is 13.6 Å². The highest BCUT2D eigenvalue weighted by Crippen LogP contribution is 2.26. The number of rotatable bonds is 4. The van der Waals surface area contributed by atoms with Crippen molar-refractivity contribution in [2.45, 2.75) is 6.04 Å². The van der Waals surface area contributed by atoms with Gasteiger partial charge in [-0.3, -0.25) is 4.79 Å². The highest BCUT2D eigenvalue weighted by atomic mass is 32.1. The van der Waals surface area contributed by atoms with Gasteiger partial charge >= 0.3 is 0 Å². The van der Waals surface area contributed by atoms with E-state index in [-0.39, 0.29) is 11.6 Å². The normalized spacial score (nSPS) is 11.9. The van der Waals surface area contributed by atoms with Crippen molar-refractivity contribution in [2.75, 3.05) is 0 Å². The zero-order valence-corrected chi connectivity index (χ0v) is 12.8. The molecule has 0 fully saturated rings. The van der Waals surface area contributed by atoms with Gasteiger partial charge in [0.25, 0.3) is 5.91 Å². The van der Waals surface area contributed by atoms with Crippen LogP contribution in [0.25, 0.3) is 0 Å². The Morgan fingerprint density at radius 2 is 1.78 bits per heavy atom. The molecule has 0 bridgehead atoms. The number of thiophene rings is 1. The number of hydrogen-bond acceptors (Lipinski definition) is 2. The molecule has 0 aliphatic carbocycles. The third-order valence-electron chi connectivity index (χ3n) is 3.41. The number of amides is 1. The van der Waals surface area contributed by atoms with E-state index in [0.29, 0.717) is 6.07 Å². The zero-order chi connectivity index (χ0) is 16.2. The number of carbonyl (C=O) groups is 1. The number of benzene rings is 2. The van der Waals surface area contributed by atoms with E-state index in [1.807, 2.05) is 47.8 Å². The lowest BCUT2D eigenvalue weighted by molar-refractivity contribution is 0.0939. The van der Waals surface area contributed by atoms with Crippen LogP contribution in [-0.2, 0) is 0 Å². The van der Waals surface area contributed by atoms with Crippen molar-refractivity contribution in [1.82, 2.24) is 5.32 Å². The van der Waals surface area contributed by atoms with Crippen LogP contribution in [0.15, 0.2) is 66.0 Å². The first-order valence-corrected chi connectivity index (χ1v) is 7.87. The Morgan fingerprint density at radius 3 is 2.43 bits per heavy atom. The average molecular weight is 329 g/mol. The molecule has 0 unspecified atom stereocenters. The fourth-order valence-electron chi connectivity index (χ4n) is 2.30. The summed E-state index contributed by atoms with van der Waals surface area (Å²) in [7, 11) is 0. The van der Waals surface area contributed by atoms with Crippen LogP contribution in [0.5, 0.6) is 0 Å². The number of hydrogen-bond donors (Lipinski definition) is 1. The second-order valence-electron chi connectivity index (χ2n) is 4.96. The van der Waals surface area contributed by atoms with Gasteiger partial charge in [-0.05, 0) is 29.1 Å². The SMILES string of the molecule is O=C(N[C@@H](c1ccccc1)c1cccs1)c1ccc(F)cc1F. The van der Waals surface area contributed by atoms with Crippen LogP contribution in [0.1, 0.15) is 26.8 Å². The summed E-state index contributed by atoms with van der Waals surface area (Å²) in [5.74, 6) is -2.16. The molecule has 1 aromatic heterocycles. The molecule has 0 spiro atoms. The van der Waals surface area contributed by atoms with Crippen LogP contribution in [0.4, 0.5) is 8.78 Å². The van der Waals surface area contributed by atoms with Crippen LogP contribution in [0, 0.1) is 11.6 Å². The Hall–Kier alpha value is -2.53. The summed E-state index contributed by atoms with van der Waals surface area (Å²) >= 11 is 1.50. The molecule has 0 saturated carbocycles. The van der Waals surface area contributed by atoms with E-state index >= 15 is 0 Å². The minimum atomic E-state index is -0.875. The van der Waals surface area contributed by atoms with Crippen molar-refractivity contribution >= 4 is 17.2 Å². The lowest BCUT2D eigenvalue weighted by Crippen LogP contribution is -2.29. The molecule has 23 heavy (non-hydrogen) atoms. The fraction of sp³-hybridized carbons (Fsp3) is 0.0556. The third-order valence-corrected chi connectivity index (χ3v) is 4.35. The van der Waals surface area contributed by atoms with Crippen molar-refractivity contribution in [3.63, 3.8) is 0 Å². The van der Waals surface area contributed by atoms with Crippen molar-refractivity contribution in [1.29, 1.82) is 0 Å². The van der Waals surface area contributed by atoms with Crippen molar-refractivity contribution < 1.29 is 13.6 Å². The largest absolute Gasteiger partial charge is 0.340 e. The molecule has 1 atom stereocenters. The van der Waals surface area contributed by atoms with Gasteiger partial charge in [0, 0.05) is 10.9 Å². The minimum Gasteiger partial charge on any atom is -0.340 e. The molecule has 2 nitrogen and oxygen atoms in total. The highest BCUT2D eigenvalue weighted by molar-refractivity contribution is 7.10. The van der Waals surface area contributed by atoms with Gasteiger partial charge in [0.15, 0.2) is 0 Å². The van der Waals surface area contributed by atoms with Gasteiger partial charge in [0.1, 0.15) is 11.6 Å². The summed E-state index contributed by atoms with van der Waals surface area (Å²) in [6.45, 7) is 0. The van der Waals surface area contributed by atoms with Crippen LogP contribution in [-0.4, -0.2) is 5.91 Å². The Morgan fingerprint density at radius 1 is 1.00 bits per heavy atom. The summed E-state index contributed by atoms with van der Waals surface area (Å²) in [4.78, 5) is 13.3. The van der Waals surface area contributed by atoms with Crippen molar-refractivity contribution in [3.05, 3.63) is 93.7 Å². The van der Waals surface area contributed by atoms with E-state index in [4.69, 9.17) is 0 Å². The summed E-state index contributed by atoms with van der Waals surface area (Å²) in [5, 5.41) is 4.73. The minimum absolute atomic E-state index is 0.177. The maximum absolute atomic E-state index is 13.8. The summed E-state index contributed by atoms with van der Waals surface area (Å²) in [6.07, 6.45) is 0. The van der Waals surface area contributed by atoms with Crippen LogP contribution in [0.2, 0.25) is 0 Å². The molecule has 1 amide bonds. The van der Waals surface area contributed by atoms with Gasteiger partial charge < -0.3 is 5.32 Å². The molecule has 3 rings (SSSR count). The molecule has 3 aromatic rings. The van der Waals surface area contributed by atoms with E-state index in [2.05, 4.69) is 5.32 Å². The number of halogens is 2. The van der Waals surface area contributed by atoms with E-state index < -0.39 is 17.5 Å². The number of carbonyl (C=O) groups excluding carboxylic acids is 1. The predicted octanol–water partition coefficient (Wildman–Crippen LogP) is 4.55. The average Bonchev–Trinajstić information content (AvgIpc) is 3.07. The second-order valence-corrected chi connectivity index (χ2v) is 5.94. The molecule has 0 aliphatic rings. The lowest BCUT2D eigenvalue weighted by atomic mass is 10.0. The van der Waals surface area contributed by atoms with E-state index in [1.165, 1.54) is 11.3 Å². The van der Waals surface area contributed by atoms with Gasteiger partial charge in [-0.1, -0.05) is 36.4 Å². The molecule has 1 N–H and O–H groups in total. The van der Waals surface area contributed by atoms with Crippen molar-refractivity contribution in [2.24, 2.45) is 0 Å². The summed E-state index contributed by atoms with van der Waals surface area (Å²) in [5.41, 5.74) is 0.717. The quantitative estimate of drug-likeness (QED) is 0.748. The smallest absolute Gasteiger partial charge is 0.255 e. The maximum atomic E-state index is 13.8. The summed E-state index contributed by atoms with van der Waals surface area (Å²) in [6, 6.07) is 15.8. The maximum Gasteiger partial charge on any atom is 0.255 e. The molecule has 5 heteroatoms. The molecule has 116 valence electrons. The fourth-order valence-corrected chi connectivity index (χ4v) is 3.10. The first kappa shape index (κ1) is 15.4. The molecular formula is C18H13F2NOS. The Bertz CT molecular complexity index is 803. The first-order valence-electron chi connectivity index (χ1n) is 6.99. The molecule has 2 aromatic carbocycles. The van der Waals surface area contributed by atoms with E-state index in [0.717, 1.165) is 22.6 Å². The zero-order valence-electron chi connectivity index (χ0n) is 12.0. The standard InChI is InChI=1S/C18H13F2NOS/c19-13-8-9-14(15(20)11-13)18(22)21-17(16-7-4-10-23-16)12-5-2-1-3-6-12/h1-11,17H,(H,21,22)/t17-/m0/s1. The summed E-state index contributed by atoms with van der Waals surface area (Å²) < 4.78 is 26.8. The third kappa shape index (κ3) is 3.46. The van der Waals surface area contributed by atoms with Crippen LogP contribution in [0.3, 0.4) is 0 Å². The lowest BCUT2D eigenvalue weighted by Gasteiger charge is -2.18. The Balaban J connectivity index is 1.91. The van der Waals surface area contributed by atoms with Gasteiger partial charge in [0.05, 0.1) is 11.6 Å². The van der Waals surface area contributed by atoms with Gasteiger partial charge in [-0.2, -0.15) is 0 Å². The molecular weight excluding hydrogens is 316 g/mol. The predicted molar refractivity (Wildman–Crippen MR) is 86.4 cm³/mol. The van der Waals surface area contributed by atoms with Gasteiger partial charge in [-0.25, -0.2) is 8.78 Å². The van der Waals surface area contributed by atoms with Crippen molar-refractivity contribution in [3.8, 4) is 0 Å². The monoisotopic (exact) mass is 329 g/mol. The molecule has 1 heterocycles. The molecule has 0 radical (unpaired) electrons. The molecule has 0 saturated heterocycles. The van der Waals surface area contributed by atoms with E-state index in [1.54, 1.807) is 0 Å². The number of nitrogens with one attached hydrogen (secondary N) is 1. The van der Waals surface area contributed by atoms with Gasteiger partial charge in [-0.15, -0.1) is 11.3 Å². The van der Waals surface area contributed by atoms with Gasteiger partial charge in [0.2, 0.25) is 0 Å². The molecule has 0 aliphatic heterocycles. The highest BCUT2D eigenvalue weighted by Gasteiger charge is 2.20. The first-order chi connectivity index (χ1) is 11.1. The Kier molecular flexibility index (Phi) is 4.48.